The lowest BCUT2D eigenvalue weighted by atomic mass is 9.95. The summed E-state index contributed by atoms with van der Waals surface area (Å²) in [6.45, 7) is 0. The number of rotatable bonds is 2. The highest BCUT2D eigenvalue weighted by molar-refractivity contribution is 9.10. The molecule has 2 atom stereocenters. The molecule has 0 unspecified atom stereocenters. The smallest absolute Gasteiger partial charge is 0.139 e. The van der Waals surface area contributed by atoms with Gasteiger partial charge in [-0.1, -0.05) is 6.42 Å². The first-order chi connectivity index (χ1) is 7.25. The van der Waals surface area contributed by atoms with E-state index in [0.29, 0.717) is 0 Å². The number of pyridine rings is 1. The van der Waals surface area contributed by atoms with E-state index in [4.69, 9.17) is 4.74 Å². The van der Waals surface area contributed by atoms with Crippen molar-refractivity contribution in [2.45, 2.75) is 37.9 Å². The lowest BCUT2D eigenvalue weighted by Crippen LogP contribution is -2.34. The molecule has 1 heterocycles. The lowest BCUT2D eigenvalue weighted by molar-refractivity contribution is 0.00666. The average molecular weight is 272 g/mol. The molecule has 1 aliphatic carbocycles. The summed E-state index contributed by atoms with van der Waals surface area (Å²) in [5.74, 6) is 0.718. The zero-order valence-electron chi connectivity index (χ0n) is 8.40. The number of aliphatic hydroxyl groups is 1. The van der Waals surface area contributed by atoms with E-state index in [1.54, 1.807) is 12.4 Å². The fraction of sp³-hybridized carbons (Fsp3) is 0.545. The summed E-state index contributed by atoms with van der Waals surface area (Å²) >= 11 is 3.34. The van der Waals surface area contributed by atoms with Crippen LogP contribution in [-0.4, -0.2) is 22.3 Å². The van der Waals surface area contributed by atoms with Gasteiger partial charge in [0.2, 0.25) is 0 Å². The van der Waals surface area contributed by atoms with Gasteiger partial charge in [-0.2, -0.15) is 0 Å². The Morgan fingerprint density at radius 1 is 1.33 bits per heavy atom. The average Bonchev–Trinajstić information content (AvgIpc) is 2.22. The highest BCUT2D eigenvalue weighted by Crippen LogP contribution is 2.24. The Morgan fingerprint density at radius 3 is 2.87 bits per heavy atom. The van der Waals surface area contributed by atoms with Crippen molar-refractivity contribution in [2.24, 2.45) is 0 Å². The number of hydrogen-bond acceptors (Lipinski definition) is 3. The molecular formula is C11H14BrNO2. The van der Waals surface area contributed by atoms with Gasteiger partial charge in [-0.25, -0.2) is 0 Å². The predicted octanol–water partition coefficient (Wildman–Crippen LogP) is 2.53. The maximum atomic E-state index is 9.74. The van der Waals surface area contributed by atoms with Crippen molar-refractivity contribution in [3.05, 3.63) is 22.9 Å². The third kappa shape index (κ3) is 2.92. The molecule has 1 fully saturated rings. The van der Waals surface area contributed by atoms with Gasteiger partial charge in [0.05, 0.1) is 12.3 Å². The minimum Gasteiger partial charge on any atom is -0.486 e. The molecule has 82 valence electrons. The molecule has 0 aromatic carbocycles. The maximum Gasteiger partial charge on any atom is 0.139 e. The van der Waals surface area contributed by atoms with Gasteiger partial charge < -0.3 is 9.84 Å². The summed E-state index contributed by atoms with van der Waals surface area (Å²) in [6.07, 6.45) is 6.96. The van der Waals surface area contributed by atoms with E-state index in [1.807, 2.05) is 6.07 Å². The molecule has 0 aliphatic heterocycles. The van der Waals surface area contributed by atoms with Crippen LogP contribution in [0.15, 0.2) is 22.9 Å². The van der Waals surface area contributed by atoms with Crippen molar-refractivity contribution >= 4 is 15.9 Å². The van der Waals surface area contributed by atoms with E-state index in [1.165, 1.54) is 0 Å². The van der Waals surface area contributed by atoms with Crippen molar-refractivity contribution in [2.75, 3.05) is 0 Å². The number of aromatic nitrogens is 1. The molecule has 1 aromatic rings. The van der Waals surface area contributed by atoms with Crippen LogP contribution in [0.3, 0.4) is 0 Å². The number of halogens is 1. The van der Waals surface area contributed by atoms with E-state index in [0.717, 1.165) is 35.9 Å². The van der Waals surface area contributed by atoms with E-state index in [-0.39, 0.29) is 12.2 Å². The SMILES string of the molecule is O[C@@H]1CCCC[C@H]1Oc1cncc(Br)c1. The number of hydrogen-bond donors (Lipinski definition) is 1. The Morgan fingerprint density at radius 2 is 2.13 bits per heavy atom. The summed E-state index contributed by atoms with van der Waals surface area (Å²) in [4.78, 5) is 4.02. The molecule has 4 heteroatoms. The largest absolute Gasteiger partial charge is 0.486 e. The zero-order valence-corrected chi connectivity index (χ0v) is 9.98. The van der Waals surface area contributed by atoms with Crippen LogP contribution in [0.4, 0.5) is 0 Å². The molecule has 1 aromatic heterocycles. The van der Waals surface area contributed by atoms with Crippen LogP contribution in [0.1, 0.15) is 25.7 Å². The first-order valence-electron chi connectivity index (χ1n) is 5.21. The van der Waals surface area contributed by atoms with Crippen LogP contribution in [0.25, 0.3) is 0 Å². The molecule has 1 saturated carbocycles. The summed E-state index contributed by atoms with van der Waals surface area (Å²) in [5, 5.41) is 9.74. The van der Waals surface area contributed by atoms with Crippen LogP contribution >= 0.6 is 15.9 Å². The van der Waals surface area contributed by atoms with Crippen LogP contribution < -0.4 is 4.74 Å². The topological polar surface area (TPSA) is 42.4 Å². The summed E-state index contributed by atoms with van der Waals surface area (Å²) in [5.41, 5.74) is 0. The summed E-state index contributed by atoms with van der Waals surface area (Å²) in [7, 11) is 0. The molecule has 2 rings (SSSR count). The first-order valence-corrected chi connectivity index (χ1v) is 6.00. The normalized spacial score (nSPS) is 26.3. The molecule has 1 N–H and O–H groups in total. The molecule has 0 spiro atoms. The van der Waals surface area contributed by atoms with E-state index < -0.39 is 0 Å². The van der Waals surface area contributed by atoms with Gasteiger partial charge in [0, 0.05) is 10.7 Å². The first kappa shape index (κ1) is 10.9. The fourth-order valence-electron chi connectivity index (χ4n) is 1.85. The van der Waals surface area contributed by atoms with Crippen molar-refractivity contribution < 1.29 is 9.84 Å². The van der Waals surface area contributed by atoms with Gasteiger partial charge in [0.15, 0.2) is 0 Å². The molecule has 0 amide bonds. The second-order valence-electron chi connectivity index (χ2n) is 3.85. The van der Waals surface area contributed by atoms with Crippen LogP contribution in [0.2, 0.25) is 0 Å². The van der Waals surface area contributed by atoms with Gasteiger partial charge in [-0.15, -0.1) is 0 Å². The van der Waals surface area contributed by atoms with Crippen molar-refractivity contribution in [1.82, 2.24) is 4.98 Å². The van der Waals surface area contributed by atoms with Gasteiger partial charge >= 0.3 is 0 Å². The highest BCUT2D eigenvalue weighted by Gasteiger charge is 2.24. The van der Waals surface area contributed by atoms with E-state index in [9.17, 15) is 5.11 Å². The summed E-state index contributed by atoms with van der Waals surface area (Å²) < 4.78 is 6.60. The molecular weight excluding hydrogens is 258 g/mol. The Bertz CT molecular complexity index is 332. The van der Waals surface area contributed by atoms with E-state index in [2.05, 4.69) is 20.9 Å². The Labute approximate surface area is 97.6 Å². The fourth-order valence-corrected chi connectivity index (χ4v) is 2.19. The van der Waals surface area contributed by atoms with Crippen molar-refractivity contribution in [1.29, 1.82) is 0 Å². The van der Waals surface area contributed by atoms with Gasteiger partial charge in [-0.05, 0) is 41.3 Å². The number of aliphatic hydroxyl groups excluding tert-OH is 1. The third-order valence-corrected chi connectivity index (χ3v) is 3.07. The summed E-state index contributed by atoms with van der Waals surface area (Å²) in [6, 6.07) is 1.87. The Balaban J connectivity index is 2.01. The lowest BCUT2D eigenvalue weighted by Gasteiger charge is -2.28. The Hall–Kier alpha value is -0.610. The van der Waals surface area contributed by atoms with Crippen LogP contribution in [0, 0.1) is 0 Å². The minimum atomic E-state index is -0.335. The van der Waals surface area contributed by atoms with Gasteiger partial charge in [0.1, 0.15) is 11.9 Å². The number of ether oxygens (including phenoxy) is 1. The van der Waals surface area contributed by atoms with E-state index >= 15 is 0 Å². The van der Waals surface area contributed by atoms with Gasteiger partial charge in [0.25, 0.3) is 0 Å². The zero-order chi connectivity index (χ0) is 10.7. The van der Waals surface area contributed by atoms with Gasteiger partial charge in [-0.3, -0.25) is 4.98 Å². The quantitative estimate of drug-likeness (QED) is 0.899. The molecule has 0 bridgehead atoms. The van der Waals surface area contributed by atoms with Crippen LogP contribution in [-0.2, 0) is 0 Å². The maximum absolute atomic E-state index is 9.74. The predicted molar refractivity (Wildman–Crippen MR) is 60.8 cm³/mol. The molecule has 1 aliphatic rings. The molecule has 3 nitrogen and oxygen atoms in total. The third-order valence-electron chi connectivity index (χ3n) is 2.63. The molecule has 0 saturated heterocycles. The van der Waals surface area contributed by atoms with Crippen molar-refractivity contribution in [3.63, 3.8) is 0 Å². The Kier molecular flexibility index (Phi) is 3.59. The minimum absolute atomic E-state index is 0.0742. The second-order valence-corrected chi connectivity index (χ2v) is 4.76. The molecule has 15 heavy (non-hydrogen) atoms. The number of nitrogens with zero attached hydrogens (tertiary/aromatic N) is 1. The van der Waals surface area contributed by atoms with Crippen LogP contribution in [0.5, 0.6) is 5.75 Å². The second kappa shape index (κ2) is 4.94. The monoisotopic (exact) mass is 271 g/mol. The van der Waals surface area contributed by atoms with Crippen molar-refractivity contribution in [3.8, 4) is 5.75 Å². The molecule has 0 radical (unpaired) electrons. The standard InChI is InChI=1S/C11H14BrNO2/c12-8-5-9(7-13-6-8)15-11-4-2-1-3-10(11)14/h5-7,10-11,14H,1-4H2/t10-,11-/m1/s1. The highest BCUT2D eigenvalue weighted by atomic mass is 79.9.